The summed E-state index contributed by atoms with van der Waals surface area (Å²) in [6.45, 7) is 6.84. The molecular weight excluding hydrogens is 204 g/mol. The van der Waals surface area contributed by atoms with Gasteiger partial charge >= 0.3 is 0 Å². The van der Waals surface area contributed by atoms with Crippen molar-refractivity contribution in [1.82, 2.24) is 0 Å². The highest BCUT2D eigenvalue weighted by molar-refractivity contribution is 9.18. The van der Waals surface area contributed by atoms with Crippen molar-refractivity contribution in [2.24, 2.45) is 16.8 Å². The molecule has 0 aromatic rings. The number of hydrogen-bond acceptors (Lipinski definition) is 2. The summed E-state index contributed by atoms with van der Waals surface area (Å²) >= 11 is 3.26. The molecule has 0 heterocycles. The van der Waals surface area contributed by atoms with Crippen LogP contribution in [-0.4, -0.2) is 17.4 Å². The van der Waals surface area contributed by atoms with Gasteiger partial charge in [-0.25, -0.2) is 0 Å². The van der Waals surface area contributed by atoms with E-state index < -0.39 is 0 Å². The van der Waals surface area contributed by atoms with Crippen molar-refractivity contribution in [3.8, 4) is 0 Å². The van der Waals surface area contributed by atoms with Crippen molar-refractivity contribution in [2.75, 3.05) is 6.54 Å². The summed E-state index contributed by atoms with van der Waals surface area (Å²) in [6, 6.07) is 0. The molecular formula is C8H15BrN2. The first-order valence-corrected chi connectivity index (χ1v) is 4.54. The standard InChI is InChI=1S/C8H15BrN2/c1-6(2)8(4-10)5-11-7(3)9/h4,6,8,10H,5H2,1-3H3/b10-4?,11-7+. The highest BCUT2D eigenvalue weighted by atomic mass is 79.9. The third-order valence-electron chi connectivity index (χ3n) is 1.59. The summed E-state index contributed by atoms with van der Waals surface area (Å²) < 4.78 is 0.907. The zero-order valence-electron chi connectivity index (χ0n) is 7.26. The van der Waals surface area contributed by atoms with Crippen molar-refractivity contribution in [2.45, 2.75) is 20.8 Å². The van der Waals surface area contributed by atoms with Crippen molar-refractivity contribution >= 4 is 26.8 Å². The van der Waals surface area contributed by atoms with E-state index in [9.17, 15) is 0 Å². The van der Waals surface area contributed by atoms with Crippen LogP contribution in [0.5, 0.6) is 0 Å². The van der Waals surface area contributed by atoms with Crippen LogP contribution in [0.15, 0.2) is 4.99 Å². The molecule has 64 valence electrons. The number of hydrogen-bond donors (Lipinski definition) is 1. The van der Waals surface area contributed by atoms with Crippen molar-refractivity contribution in [1.29, 1.82) is 5.41 Å². The first kappa shape index (κ1) is 10.8. The van der Waals surface area contributed by atoms with Crippen LogP contribution in [0, 0.1) is 17.2 Å². The minimum absolute atomic E-state index is 0.280. The average Bonchev–Trinajstić information content (AvgIpc) is 1.87. The molecule has 1 unspecified atom stereocenters. The molecule has 0 radical (unpaired) electrons. The van der Waals surface area contributed by atoms with Gasteiger partial charge in [0.1, 0.15) is 0 Å². The second-order valence-electron chi connectivity index (χ2n) is 2.91. The van der Waals surface area contributed by atoms with Crippen molar-refractivity contribution in [3.63, 3.8) is 0 Å². The lowest BCUT2D eigenvalue weighted by molar-refractivity contribution is 0.510. The molecule has 3 heteroatoms. The van der Waals surface area contributed by atoms with E-state index in [0.29, 0.717) is 5.92 Å². The minimum Gasteiger partial charge on any atom is -0.313 e. The predicted octanol–water partition coefficient (Wildman–Crippen LogP) is 2.72. The van der Waals surface area contributed by atoms with Crippen molar-refractivity contribution in [3.05, 3.63) is 0 Å². The van der Waals surface area contributed by atoms with Gasteiger partial charge in [-0.3, -0.25) is 4.99 Å². The zero-order valence-corrected chi connectivity index (χ0v) is 8.85. The molecule has 0 aliphatic heterocycles. The maximum atomic E-state index is 7.13. The maximum absolute atomic E-state index is 7.13. The number of nitrogens with one attached hydrogen (secondary N) is 1. The topological polar surface area (TPSA) is 36.2 Å². The summed E-state index contributed by atoms with van der Waals surface area (Å²) in [5.41, 5.74) is 0. The Morgan fingerprint density at radius 1 is 1.64 bits per heavy atom. The molecule has 0 aromatic carbocycles. The largest absolute Gasteiger partial charge is 0.313 e. The number of nitrogens with zero attached hydrogens (tertiary/aromatic N) is 1. The van der Waals surface area contributed by atoms with E-state index in [4.69, 9.17) is 5.41 Å². The molecule has 0 bridgehead atoms. The van der Waals surface area contributed by atoms with Gasteiger partial charge < -0.3 is 5.41 Å². The van der Waals surface area contributed by atoms with E-state index in [1.807, 2.05) is 6.92 Å². The molecule has 0 aliphatic rings. The van der Waals surface area contributed by atoms with E-state index in [-0.39, 0.29) is 5.92 Å². The fraction of sp³-hybridized carbons (Fsp3) is 0.750. The molecule has 0 spiro atoms. The van der Waals surface area contributed by atoms with Gasteiger partial charge in [0, 0.05) is 18.7 Å². The Morgan fingerprint density at radius 3 is 2.45 bits per heavy atom. The van der Waals surface area contributed by atoms with Gasteiger partial charge in [-0.15, -0.1) is 0 Å². The van der Waals surface area contributed by atoms with Crippen LogP contribution in [0.4, 0.5) is 0 Å². The van der Waals surface area contributed by atoms with Gasteiger partial charge in [0.05, 0.1) is 4.62 Å². The first-order chi connectivity index (χ1) is 5.07. The SMILES string of the molecule is C/C(Br)=N\CC(C=N)C(C)C. The maximum Gasteiger partial charge on any atom is 0.0743 e. The number of aliphatic imine (C=N–C) groups is 1. The third-order valence-corrected chi connectivity index (χ3v) is 1.84. The second kappa shape index (κ2) is 5.47. The lowest BCUT2D eigenvalue weighted by atomic mass is 9.98. The Balaban J connectivity index is 3.89. The summed E-state index contributed by atoms with van der Waals surface area (Å²) in [4.78, 5) is 4.20. The Labute approximate surface area is 76.7 Å². The second-order valence-corrected chi connectivity index (χ2v) is 4.06. The molecule has 0 fully saturated rings. The molecule has 0 aliphatic carbocycles. The Hall–Kier alpha value is -0.180. The quantitative estimate of drug-likeness (QED) is 0.706. The van der Waals surface area contributed by atoms with Gasteiger partial charge in [-0.05, 0) is 28.8 Å². The van der Waals surface area contributed by atoms with Gasteiger partial charge in [0.2, 0.25) is 0 Å². The Morgan fingerprint density at radius 2 is 2.18 bits per heavy atom. The highest BCUT2D eigenvalue weighted by Gasteiger charge is 2.08. The summed E-state index contributed by atoms with van der Waals surface area (Å²) in [7, 11) is 0. The van der Waals surface area contributed by atoms with Crippen LogP contribution in [0.3, 0.4) is 0 Å². The van der Waals surface area contributed by atoms with Crippen molar-refractivity contribution < 1.29 is 0 Å². The summed E-state index contributed by atoms with van der Waals surface area (Å²) in [5.74, 6) is 0.783. The van der Waals surface area contributed by atoms with Crippen LogP contribution in [0.2, 0.25) is 0 Å². The van der Waals surface area contributed by atoms with Crippen LogP contribution >= 0.6 is 15.9 Å². The molecule has 0 aromatic heterocycles. The molecule has 0 saturated carbocycles. The Kier molecular flexibility index (Phi) is 5.38. The highest BCUT2D eigenvalue weighted by Crippen LogP contribution is 2.08. The lowest BCUT2D eigenvalue weighted by Crippen LogP contribution is -2.13. The minimum atomic E-state index is 0.280. The Bertz CT molecular complexity index is 148. The summed E-state index contributed by atoms with van der Waals surface area (Å²) in [6.07, 6.45) is 1.48. The third kappa shape index (κ3) is 5.13. The van der Waals surface area contributed by atoms with E-state index in [0.717, 1.165) is 11.2 Å². The van der Waals surface area contributed by atoms with Gasteiger partial charge in [0.15, 0.2) is 0 Å². The van der Waals surface area contributed by atoms with Crippen LogP contribution in [0.1, 0.15) is 20.8 Å². The monoisotopic (exact) mass is 218 g/mol. The van der Waals surface area contributed by atoms with Gasteiger partial charge in [-0.1, -0.05) is 13.8 Å². The summed E-state index contributed by atoms with van der Waals surface area (Å²) in [5, 5.41) is 7.13. The molecule has 2 nitrogen and oxygen atoms in total. The van der Waals surface area contributed by atoms with E-state index in [1.165, 1.54) is 6.21 Å². The fourth-order valence-electron chi connectivity index (χ4n) is 0.687. The fourth-order valence-corrected chi connectivity index (χ4v) is 0.832. The van der Waals surface area contributed by atoms with Crippen LogP contribution in [-0.2, 0) is 0 Å². The average molecular weight is 219 g/mol. The lowest BCUT2D eigenvalue weighted by Gasteiger charge is -2.11. The van der Waals surface area contributed by atoms with Gasteiger partial charge in [0.25, 0.3) is 0 Å². The molecule has 0 saturated heterocycles. The molecule has 11 heavy (non-hydrogen) atoms. The first-order valence-electron chi connectivity index (χ1n) is 3.75. The predicted molar refractivity (Wildman–Crippen MR) is 54.0 cm³/mol. The zero-order chi connectivity index (χ0) is 8.85. The van der Waals surface area contributed by atoms with Gasteiger partial charge in [-0.2, -0.15) is 0 Å². The van der Waals surface area contributed by atoms with E-state index in [2.05, 4.69) is 34.8 Å². The van der Waals surface area contributed by atoms with E-state index >= 15 is 0 Å². The molecule has 0 amide bonds. The number of rotatable bonds is 4. The molecule has 1 N–H and O–H groups in total. The normalized spacial score (nSPS) is 15.2. The number of halogens is 1. The van der Waals surface area contributed by atoms with E-state index in [1.54, 1.807) is 0 Å². The van der Waals surface area contributed by atoms with Crippen LogP contribution in [0.25, 0.3) is 0 Å². The van der Waals surface area contributed by atoms with Crippen LogP contribution < -0.4 is 0 Å². The molecule has 0 rings (SSSR count). The molecule has 1 atom stereocenters. The smallest absolute Gasteiger partial charge is 0.0743 e.